The van der Waals surface area contributed by atoms with E-state index < -0.39 is 16.6 Å². The van der Waals surface area contributed by atoms with Crippen LogP contribution in [0.5, 0.6) is 5.88 Å². The van der Waals surface area contributed by atoms with Crippen LogP contribution in [0.1, 0.15) is 10.4 Å². The number of aromatic hydroxyl groups is 1. The van der Waals surface area contributed by atoms with E-state index in [1.807, 2.05) is 0 Å². The van der Waals surface area contributed by atoms with Gasteiger partial charge in [0, 0.05) is 0 Å². The largest absolute Gasteiger partial charge is 0.493 e. The van der Waals surface area contributed by atoms with Gasteiger partial charge in [-0.3, -0.25) is 14.8 Å². The summed E-state index contributed by atoms with van der Waals surface area (Å²) >= 11 is 0.711. The highest BCUT2D eigenvalue weighted by atomic mass is 32.1. The van der Waals surface area contributed by atoms with Crippen LogP contribution in [0.3, 0.4) is 0 Å². The number of hydrogen-bond donors (Lipinski definition) is 2. The number of aromatic nitrogens is 1. The molecule has 2 rings (SSSR count). The maximum atomic E-state index is 12.5. The number of aromatic amines is 1. The Morgan fingerprint density at radius 3 is 2.68 bits per heavy atom. The predicted octanol–water partition coefficient (Wildman–Crippen LogP) is 2.91. The third-order valence-corrected chi connectivity index (χ3v) is 2.97. The van der Waals surface area contributed by atoms with Crippen molar-refractivity contribution in [2.24, 2.45) is 4.99 Å². The number of halogens is 3. The van der Waals surface area contributed by atoms with E-state index in [4.69, 9.17) is 0 Å². The highest BCUT2D eigenvalue weighted by Crippen LogP contribution is 2.31. The van der Waals surface area contributed by atoms with Gasteiger partial charge in [-0.15, -0.1) is 0 Å². The van der Waals surface area contributed by atoms with Gasteiger partial charge in [-0.25, -0.2) is 0 Å². The van der Waals surface area contributed by atoms with E-state index in [0.29, 0.717) is 11.3 Å². The van der Waals surface area contributed by atoms with Crippen molar-refractivity contribution in [2.75, 3.05) is 0 Å². The predicted molar refractivity (Wildman–Crippen MR) is 65.3 cm³/mol. The summed E-state index contributed by atoms with van der Waals surface area (Å²) in [5.41, 5.74) is -0.733. The molecule has 8 heteroatoms. The average molecular weight is 288 g/mol. The highest BCUT2D eigenvalue weighted by molar-refractivity contribution is 7.11. The van der Waals surface area contributed by atoms with Gasteiger partial charge in [0.2, 0.25) is 5.88 Å². The van der Waals surface area contributed by atoms with Crippen molar-refractivity contribution in [1.29, 1.82) is 0 Å². The van der Waals surface area contributed by atoms with Gasteiger partial charge < -0.3 is 5.11 Å². The van der Waals surface area contributed by atoms with Crippen molar-refractivity contribution in [1.82, 2.24) is 4.98 Å². The summed E-state index contributed by atoms with van der Waals surface area (Å²) in [5.74, 6) is -0.356. The van der Waals surface area contributed by atoms with Gasteiger partial charge >= 0.3 is 11.0 Å². The molecule has 1 aromatic carbocycles. The first kappa shape index (κ1) is 13.3. The van der Waals surface area contributed by atoms with Crippen molar-refractivity contribution < 1.29 is 18.3 Å². The molecule has 0 unspecified atom stereocenters. The fourth-order valence-electron chi connectivity index (χ4n) is 1.32. The van der Waals surface area contributed by atoms with Crippen molar-refractivity contribution in [2.45, 2.75) is 6.18 Å². The van der Waals surface area contributed by atoms with Gasteiger partial charge in [0.15, 0.2) is 0 Å². The average Bonchev–Trinajstić information content (AvgIpc) is 2.64. The lowest BCUT2D eigenvalue weighted by atomic mass is 10.2. The summed E-state index contributed by atoms with van der Waals surface area (Å²) in [7, 11) is 0. The molecule has 0 bridgehead atoms. The standard InChI is InChI=1S/C11H7F3N2O2S/c12-11(13,14)6-2-1-3-7(4-6)15-5-8-9(17)16-10(18)19-8/h1-5,17H,(H,16,18). The van der Waals surface area contributed by atoms with Crippen LogP contribution in [0.25, 0.3) is 0 Å². The number of benzene rings is 1. The number of H-pyrrole nitrogens is 1. The van der Waals surface area contributed by atoms with E-state index in [9.17, 15) is 23.1 Å². The van der Waals surface area contributed by atoms with E-state index in [-0.39, 0.29) is 16.4 Å². The molecule has 2 aromatic rings. The van der Waals surface area contributed by atoms with Gasteiger partial charge in [-0.2, -0.15) is 13.2 Å². The second-order valence-electron chi connectivity index (χ2n) is 3.53. The minimum Gasteiger partial charge on any atom is -0.493 e. The Hall–Kier alpha value is -2.09. The zero-order chi connectivity index (χ0) is 14.0. The number of rotatable bonds is 2. The molecule has 0 aliphatic carbocycles. The lowest BCUT2D eigenvalue weighted by molar-refractivity contribution is -0.137. The van der Waals surface area contributed by atoms with Gasteiger partial charge in [0.1, 0.15) is 4.88 Å². The SMILES string of the molecule is O=c1[nH]c(O)c(C=Nc2cccc(C(F)(F)F)c2)s1. The van der Waals surface area contributed by atoms with Crippen molar-refractivity contribution in [3.05, 3.63) is 44.4 Å². The molecule has 0 aliphatic heterocycles. The number of alkyl halides is 3. The Labute approximate surface area is 108 Å². The molecular weight excluding hydrogens is 281 g/mol. The fraction of sp³-hybridized carbons (Fsp3) is 0.0909. The van der Waals surface area contributed by atoms with Gasteiger partial charge in [0.25, 0.3) is 0 Å². The van der Waals surface area contributed by atoms with Crippen molar-refractivity contribution in [3.8, 4) is 5.88 Å². The Kier molecular flexibility index (Phi) is 3.43. The topological polar surface area (TPSA) is 65.5 Å². The molecule has 4 nitrogen and oxygen atoms in total. The van der Waals surface area contributed by atoms with Crippen LogP contribution < -0.4 is 4.87 Å². The maximum absolute atomic E-state index is 12.5. The van der Waals surface area contributed by atoms with Crippen LogP contribution >= 0.6 is 11.3 Å². The zero-order valence-electron chi connectivity index (χ0n) is 9.23. The van der Waals surface area contributed by atoms with Crippen LogP contribution in [0, 0.1) is 0 Å². The lowest BCUT2D eigenvalue weighted by Gasteiger charge is -2.06. The molecule has 0 fully saturated rings. The lowest BCUT2D eigenvalue weighted by Crippen LogP contribution is -2.03. The molecule has 0 saturated carbocycles. The van der Waals surface area contributed by atoms with Crippen molar-refractivity contribution >= 4 is 23.2 Å². The first-order valence-electron chi connectivity index (χ1n) is 4.99. The van der Waals surface area contributed by atoms with Crippen LogP contribution in [0.2, 0.25) is 0 Å². The Balaban J connectivity index is 2.29. The summed E-state index contributed by atoms with van der Waals surface area (Å²) in [6, 6.07) is 4.43. The van der Waals surface area contributed by atoms with Gasteiger partial charge in [-0.05, 0) is 18.2 Å². The van der Waals surface area contributed by atoms with Crippen LogP contribution in [-0.4, -0.2) is 16.3 Å². The molecule has 0 saturated heterocycles. The third-order valence-electron chi connectivity index (χ3n) is 2.16. The van der Waals surface area contributed by atoms with E-state index >= 15 is 0 Å². The van der Waals surface area contributed by atoms with E-state index in [0.717, 1.165) is 18.3 Å². The van der Waals surface area contributed by atoms with Gasteiger partial charge in [-0.1, -0.05) is 17.4 Å². The normalized spacial score (nSPS) is 12.2. The molecule has 1 heterocycles. The molecule has 100 valence electrons. The number of thiazole rings is 1. The second-order valence-corrected chi connectivity index (χ2v) is 4.55. The second kappa shape index (κ2) is 4.88. The first-order valence-corrected chi connectivity index (χ1v) is 5.81. The molecule has 1 aromatic heterocycles. The smallest absolute Gasteiger partial charge is 0.416 e. The van der Waals surface area contributed by atoms with Crippen LogP contribution in [-0.2, 0) is 6.18 Å². The Morgan fingerprint density at radius 1 is 1.37 bits per heavy atom. The molecule has 0 amide bonds. The highest BCUT2D eigenvalue weighted by Gasteiger charge is 2.30. The van der Waals surface area contributed by atoms with E-state index in [2.05, 4.69) is 9.98 Å². The number of hydrogen-bond acceptors (Lipinski definition) is 4. The number of nitrogens with one attached hydrogen (secondary N) is 1. The molecule has 0 radical (unpaired) electrons. The monoisotopic (exact) mass is 288 g/mol. The molecule has 0 spiro atoms. The first-order chi connectivity index (χ1) is 8.86. The summed E-state index contributed by atoms with van der Waals surface area (Å²) in [5, 5.41) is 9.28. The Morgan fingerprint density at radius 2 is 2.11 bits per heavy atom. The summed E-state index contributed by atoms with van der Waals surface area (Å²) in [6.45, 7) is 0. The van der Waals surface area contributed by atoms with Crippen molar-refractivity contribution in [3.63, 3.8) is 0 Å². The fourth-order valence-corrected chi connectivity index (χ4v) is 1.92. The molecule has 19 heavy (non-hydrogen) atoms. The summed E-state index contributed by atoms with van der Waals surface area (Å²) < 4.78 is 37.4. The molecule has 2 N–H and O–H groups in total. The van der Waals surface area contributed by atoms with Crippen LogP contribution in [0.15, 0.2) is 34.1 Å². The van der Waals surface area contributed by atoms with Gasteiger partial charge in [0.05, 0.1) is 17.5 Å². The van der Waals surface area contributed by atoms with Crippen LogP contribution in [0.4, 0.5) is 18.9 Å². The third kappa shape index (κ3) is 3.22. The molecule has 0 aliphatic rings. The maximum Gasteiger partial charge on any atom is 0.416 e. The summed E-state index contributed by atoms with van der Waals surface area (Å²) in [6.07, 6.45) is -3.31. The zero-order valence-corrected chi connectivity index (χ0v) is 10.0. The summed E-state index contributed by atoms with van der Waals surface area (Å²) in [4.78, 5) is 16.5. The minimum absolute atomic E-state index is 0.0788. The number of nitrogens with zero attached hydrogens (tertiary/aromatic N) is 1. The molecular formula is C11H7F3N2O2S. The molecule has 0 atom stereocenters. The minimum atomic E-state index is -4.44. The van der Waals surface area contributed by atoms with E-state index in [1.54, 1.807) is 0 Å². The number of aliphatic imine (C=N–C) groups is 1. The Bertz CT molecular complexity index is 673. The van der Waals surface area contributed by atoms with E-state index in [1.165, 1.54) is 12.1 Å². The quantitative estimate of drug-likeness (QED) is 0.834.